The maximum atomic E-state index is 13.4. The molecule has 0 saturated heterocycles. The van der Waals surface area contributed by atoms with Gasteiger partial charge in [0.1, 0.15) is 28.7 Å². The molecule has 1 aliphatic heterocycles. The number of carbonyl (C=O) groups excluding carboxylic acids is 3. The average molecular weight is 644 g/mol. The van der Waals surface area contributed by atoms with Crippen LogP contribution in [0.2, 0.25) is 0 Å². The number of nitrogens with one attached hydrogen (secondary N) is 3. The second-order valence-corrected chi connectivity index (χ2v) is 14.3. The van der Waals surface area contributed by atoms with Gasteiger partial charge in [-0.2, -0.15) is 5.48 Å². The number of amides is 2. The van der Waals surface area contributed by atoms with Crippen LogP contribution in [0.15, 0.2) is 30.6 Å². The van der Waals surface area contributed by atoms with Crippen molar-refractivity contribution in [1.29, 1.82) is 0 Å². The summed E-state index contributed by atoms with van der Waals surface area (Å²) < 4.78 is 22.4. The molecule has 0 aliphatic carbocycles. The molecular weight excluding hydrogens is 594 g/mol. The molecule has 3 N–H and O–H groups in total. The molecule has 3 rings (SSSR count). The van der Waals surface area contributed by atoms with Crippen LogP contribution in [-0.4, -0.2) is 69.7 Å². The fourth-order valence-electron chi connectivity index (χ4n) is 4.38. The molecule has 13 nitrogen and oxygen atoms in total. The lowest BCUT2D eigenvalue weighted by Gasteiger charge is -2.39. The number of hydrogen-bond acceptors (Lipinski definition) is 11. The average Bonchev–Trinajstić information content (AvgIpc) is 2.92. The molecule has 13 heteroatoms. The third-order valence-corrected chi connectivity index (χ3v) is 6.46. The Hall–Kier alpha value is -4.13. The van der Waals surface area contributed by atoms with Crippen molar-refractivity contribution in [2.45, 2.75) is 117 Å². The number of ether oxygens (including phenoxy) is 4. The summed E-state index contributed by atoms with van der Waals surface area (Å²) in [4.78, 5) is 52.0. The zero-order valence-corrected chi connectivity index (χ0v) is 28.7. The first-order chi connectivity index (χ1) is 21.2. The van der Waals surface area contributed by atoms with E-state index in [1.165, 1.54) is 6.92 Å². The summed E-state index contributed by atoms with van der Waals surface area (Å²) in [6, 6.07) is 5.72. The fourth-order valence-corrected chi connectivity index (χ4v) is 4.38. The molecule has 0 radical (unpaired) electrons. The van der Waals surface area contributed by atoms with E-state index in [1.807, 2.05) is 39.0 Å². The molecule has 46 heavy (non-hydrogen) atoms. The number of hydrogen-bond donors (Lipinski definition) is 3. The molecule has 1 aromatic heterocycles. The molecule has 0 unspecified atom stereocenters. The maximum Gasteiger partial charge on any atom is 0.431 e. The molecule has 0 spiro atoms. The van der Waals surface area contributed by atoms with Gasteiger partial charge in [-0.25, -0.2) is 29.2 Å². The third kappa shape index (κ3) is 11.3. The van der Waals surface area contributed by atoms with E-state index in [-0.39, 0.29) is 0 Å². The molecular formula is C33H49N5O8. The van der Waals surface area contributed by atoms with Gasteiger partial charge in [0, 0.05) is 31.0 Å². The maximum absolute atomic E-state index is 13.4. The van der Waals surface area contributed by atoms with Crippen LogP contribution in [0, 0.1) is 0 Å². The van der Waals surface area contributed by atoms with Crippen LogP contribution in [0.4, 0.5) is 15.5 Å². The summed E-state index contributed by atoms with van der Waals surface area (Å²) in [5.41, 5.74) is 1.19. The second-order valence-electron chi connectivity index (χ2n) is 14.3. The van der Waals surface area contributed by atoms with Crippen molar-refractivity contribution in [3.63, 3.8) is 0 Å². The SMILES string of the molecule is CC(C)(C)OC(=O)NCCCNc1ncc(-c2ccc3c(c2)CC[C@H]([C@](C)(ONC(=O)OC(C)(C)C)C(=O)OC(C)(C)C)O3)cn1. The molecule has 2 atom stereocenters. The number of esters is 1. The summed E-state index contributed by atoms with van der Waals surface area (Å²) >= 11 is 0. The highest BCUT2D eigenvalue weighted by molar-refractivity contribution is 5.81. The van der Waals surface area contributed by atoms with Crippen LogP contribution in [0.25, 0.3) is 11.1 Å². The summed E-state index contributed by atoms with van der Waals surface area (Å²) in [5.74, 6) is 0.396. The zero-order valence-electron chi connectivity index (χ0n) is 28.7. The predicted molar refractivity (Wildman–Crippen MR) is 172 cm³/mol. The fraction of sp³-hybridized carbons (Fsp3) is 0.606. The minimum absolute atomic E-state index is 0.421. The van der Waals surface area contributed by atoms with E-state index in [4.69, 9.17) is 23.8 Å². The van der Waals surface area contributed by atoms with E-state index >= 15 is 0 Å². The lowest BCUT2D eigenvalue weighted by molar-refractivity contribution is -0.205. The van der Waals surface area contributed by atoms with E-state index in [2.05, 4.69) is 26.1 Å². The van der Waals surface area contributed by atoms with E-state index < -0.39 is 46.7 Å². The molecule has 1 aromatic carbocycles. The molecule has 1 aliphatic rings. The smallest absolute Gasteiger partial charge is 0.431 e. The van der Waals surface area contributed by atoms with Crippen molar-refractivity contribution >= 4 is 24.1 Å². The van der Waals surface area contributed by atoms with Crippen LogP contribution in [0.5, 0.6) is 5.75 Å². The Morgan fingerprint density at radius 1 is 0.826 bits per heavy atom. The highest BCUT2D eigenvalue weighted by atomic mass is 16.7. The van der Waals surface area contributed by atoms with Crippen molar-refractivity contribution < 1.29 is 38.2 Å². The highest BCUT2D eigenvalue weighted by Gasteiger charge is 2.50. The van der Waals surface area contributed by atoms with Crippen LogP contribution < -0.4 is 20.9 Å². The lowest BCUT2D eigenvalue weighted by Crippen LogP contribution is -2.58. The normalized spacial score (nSPS) is 16.2. The molecule has 0 bridgehead atoms. The number of fused-ring (bicyclic) bond motifs is 1. The minimum Gasteiger partial charge on any atom is -0.486 e. The third-order valence-electron chi connectivity index (χ3n) is 6.46. The van der Waals surface area contributed by atoms with E-state index in [1.54, 1.807) is 53.9 Å². The van der Waals surface area contributed by atoms with E-state index in [9.17, 15) is 14.4 Å². The van der Waals surface area contributed by atoms with Gasteiger partial charge in [0.2, 0.25) is 11.5 Å². The van der Waals surface area contributed by atoms with Gasteiger partial charge in [0.25, 0.3) is 0 Å². The minimum atomic E-state index is -1.66. The van der Waals surface area contributed by atoms with Gasteiger partial charge in [-0.15, -0.1) is 0 Å². The summed E-state index contributed by atoms with van der Waals surface area (Å²) in [5, 5.41) is 5.87. The van der Waals surface area contributed by atoms with Crippen molar-refractivity contribution in [3.8, 4) is 16.9 Å². The number of aromatic nitrogens is 2. The second kappa shape index (κ2) is 14.5. The number of benzene rings is 1. The molecule has 2 aromatic rings. The number of aryl methyl sites for hydroxylation is 1. The van der Waals surface area contributed by atoms with E-state index in [0.29, 0.717) is 44.0 Å². The van der Waals surface area contributed by atoms with Gasteiger partial charge < -0.3 is 29.6 Å². The van der Waals surface area contributed by atoms with Crippen LogP contribution in [0.3, 0.4) is 0 Å². The molecule has 2 amide bonds. The number of hydroxylamine groups is 1. The summed E-state index contributed by atoms with van der Waals surface area (Å²) in [7, 11) is 0. The van der Waals surface area contributed by atoms with Gasteiger partial charge in [0.05, 0.1) is 0 Å². The summed E-state index contributed by atoms with van der Waals surface area (Å²) in [6.07, 6.45) is 3.11. The predicted octanol–water partition coefficient (Wildman–Crippen LogP) is 5.72. The largest absolute Gasteiger partial charge is 0.486 e. The molecule has 0 saturated carbocycles. The van der Waals surface area contributed by atoms with Crippen molar-refractivity contribution in [1.82, 2.24) is 20.8 Å². The van der Waals surface area contributed by atoms with Crippen LogP contribution in [0.1, 0.15) is 87.6 Å². The van der Waals surface area contributed by atoms with Crippen molar-refractivity contribution in [2.75, 3.05) is 18.4 Å². The zero-order chi connectivity index (χ0) is 34.3. The Morgan fingerprint density at radius 2 is 1.43 bits per heavy atom. The number of rotatable bonds is 10. The number of alkyl carbamates (subject to hydrolysis) is 1. The van der Waals surface area contributed by atoms with Gasteiger partial charge in [-0.1, -0.05) is 6.07 Å². The van der Waals surface area contributed by atoms with Gasteiger partial charge in [-0.05, 0) is 112 Å². The standard InChI is InChI=1S/C33H49N5O8/c1-30(2,3)43-26(39)33(10,46-38-29(41)45-32(7,8)9)25-15-13-22-18-21(12-14-24(22)42-25)23-19-36-27(37-20-23)34-16-11-17-35-28(40)44-31(4,5)6/h12,14,18-20,25H,11,13,15-17H2,1-10H3,(H,35,40)(H,38,41)(H,34,36,37)/t25-,33+/m1/s1. The molecule has 254 valence electrons. The molecule has 2 heterocycles. The molecule has 0 fully saturated rings. The Bertz CT molecular complexity index is 1360. The van der Waals surface area contributed by atoms with Crippen LogP contribution >= 0.6 is 0 Å². The van der Waals surface area contributed by atoms with E-state index in [0.717, 1.165) is 16.7 Å². The number of carbonyl (C=O) groups is 3. The van der Waals surface area contributed by atoms with Crippen LogP contribution in [-0.2, 0) is 30.3 Å². The van der Waals surface area contributed by atoms with Gasteiger partial charge in [-0.3, -0.25) is 0 Å². The topological polar surface area (TPSA) is 159 Å². The lowest BCUT2D eigenvalue weighted by atomic mass is 9.89. The first-order valence-electron chi connectivity index (χ1n) is 15.5. The Balaban J connectivity index is 1.63. The highest BCUT2D eigenvalue weighted by Crippen LogP contribution is 2.36. The Labute approximate surface area is 271 Å². The number of nitrogens with zero attached hydrogens (tertiary/aromatic N) is 2. The monoisotopic (exact) mass is 643 g/mol. The van der Waals surface area contributed by atoms with Crippen molar-refractivity contribution in [2.24, 2.45) is 0 Å². The van der Waals surface area contributed by atoms with Crippen molar-refractivity contribution in [3.05, 3.63) is 36.2 Å². The Morgan fingerprint density at radius 3 is 2.04 bits per heavy atom. The first-order valence-corrected chi connectivity index (χ1v) is 15.5. The quantitative estimate of drug-likeness (QED) is 0.126. The number of anilines is 1. The first kappa shape index (κ1) is 36.3. The van der Waals surface area contributed by atoms with Gasteiger partial charge in [0.15, 0.2) is 0 Å². The Kier molecular flexibility index (Phi) is 11.5. The summed E-state index contributed by atoms with van der Waals surface area (Å²) in [6.45, 7) is 18.5. The van der Waals surface area contributed by atoms with Gasteiger partial charge >= 0.3 is 18.2 Å².